The SMILES string of the molecule is Cc1cc(N2CCc3cnn(C)c3C2=O)c(F)cc1C1C=Cc2nc(C(F)(F)F)ccc2N1. The van der Waals surface area contributed by atoms with E-state index >= 15 is 4.39 Å². The molecule has 1 amide bonds. The van der Waals surface area contributed by atoms with Crippen molar-refractivity contribution in [2.45, 2.75) is 25.6 Å². The third-order valence-electron chi connectivity index (χ3n) is 6.00. The number of aryl methyl sites for hydroxylation is 2. The summed E-state index contributed by atoms with van der Waals surface area (Å²) in [5, 5.41) is 7.23. The van der Waals surface area contributed by atoms with Gasteiger partial charge in [0.15, 0.2) is 0 Å². The number of hydrogen-bond donors (Lipinski definition) is 1. The van der Waals surface area contributed by atoms with E-state index in [1.165, 1.54) is 27.8 Å². The summed E-state index contributed by atoms with van der Waals surface area (Å²) in [6, 6.07) is 4.76. The fourth-order valence-corrected chi connectivity index (χ4v) is 4.32. The Bertz CT molecular complexity index is 1310. The van der Waals surface area contributed by atoms with Crippen LogP contribution in [0.1, 0.15) is 44.6 Å². The van der Waals surface area contributed by atoms with E-state index in [0.717, 1.165) is 17.2 Å². The molecule has 6 nitrogen and oxygen atoms in total. The second-order valence-electron chi connectivity index (χ2n) is 8.12. The zero-order valence-electron chi connectivity index (χ0n) is 17.7. The van der Waals surface area contributed by atoms with Crippen LogP contribution in [-0.2, 0) is 19.6 Å². The Morgan fingerprint density at radius 2 is 2.00 bits per heavy atom. The number of amides is 1. The van der Waals surface area contributed by atoms with Crippen molar-refractivity contribution in [1.29, 1.82) is 0 Å². The molecule has 2 aliphatic rings. The zero-order chi connectivity index (χ0) is 23.5. The van der Waals surface area contributed by atoms with Crippen LogP contribution in [0.3, 0.4) is 0 Å². The van der Waals surface area contributed by atoms with Gasteiger partial charge < -0.3 is 10.2 Å². The van der Waals surface area contributed by atoms with Crippen LogP contribution in [0, 0.1) is 12.7 Å². The number of nitrogens with one attached hydrogen (secondary N) is 1. The molecule has 0 fully saturated rings. The van der Waals surface area contributed by atoms with Crippen molar-refractivity contribution < 1.29 is 22.4 Å². The highest BCUT2D eigenvalue weighted by atomic mass is 19.4. The van der Waals surface area contributed by atoms with E-state index in [2.05, 4.69) is 15.4 Å². The molecule has 10 heteroatoms. The number of halogens is 4. The predicted molar refractivity (Wildman–Crippen MR) is 114 cm³/mol. The van der Waals surface area contributed by atoms with Crippen LogP contribution in [0.2, 0.25) is 0 Å². The molecule has 0 spiro atoms. The Morgan fingerprint density at radius 3 is 2.76 bits per heavy atom. The second kappa shape index (κ2) is 7.43. The summed E-state index contributed by atoms with van der Waals surface area (Å²) in [5.41, 5.74) is 2.44. The normalized spacial score (nSPS) is 17.6. The van der Waals surface area contributed by atoms with E-state index in [1.807, 2.05) is 0 Å². The van der Waals surface area contributed by atoms with Gasteiger partial charge in [0.25, 0.3) is 5.91 Å². The van der Waals surface area contributed by atoms with Crippen LogP contribution in [0.15, 0.2) is 36.5 Å². The van der Waals surface area contributed by atoms with Gasteiger partial charge in [0.1, 0.15) is 17.2 Å². The number of alkyl halides is 3. The maximum atomic E-state index is 15.2. The minimum absolute atomic E-state index is 0.168. The van der Waals surface area contributed by atoms with Crippen molar-refractivity contribution >= 4 is 23.4 Å². The number of hydrogen-bond acceptors (Lipinski definition) is 4. The molecule has 170 valence electrons. The molecule has 2 aromatic heterocycles. The topological polar surface area (TPSA) is 63.1 Å². The molecule has 1 N–H and O–H groups in total. The highest BCUT2D eigenvalue weighted by molar-refractivity contribution is 6.07. The molecule has 0 radical (unpaired) electrons. The summed E-state index contributed by atoms with van der Waals surface area (Å²) in [7, 11) is 1.68. The number of carbonyl (C=O) groups is 1. The number of carbonyl (C=O) groups excluding carboxylic acids is 1. The van der Waals surface area contributed by atoms with Gasteiger partial charge in [-0.2, -0.15) is 18.3 Å². The molecule has 1 aromatic carbocycles. The molecule has 1 atom stereocenters. The summed E-state index contributed by atoms with van der Waals surface area (Å²) in [6.07, 6.45) is 0.837. The van der Waals surface area contributed by atoms with Crippen molar-refractivity contribution in [2.24, 2.45) is 7.05 Å². The number of benzene rings is 1. The molecule has 2 aliphatic heterocycles. The second-order valence-corrected chi connectivity index (χ2v) is 8.12. The molecular formula is C23H19F4N5O. The highest BCUT2D eigenvalue weighted by Gasteiger charge is 2.34. The molecule has 0 saturated carbocycles. The van der Waals surface area contributed by atoms with Gasteiger partial charge in [-0.25, -0.2) is 9.37 Å². The first-order valence-corrected chi connectivity index (χ1v) is 10.3. The van der Waals surface area contributed by atoms with Crippen LogP contribution in [-0.4, -0.2) is 27.2 Å². The number of rotatable bonds is 2. The lowest BCUT2D eigenvalue weighted by atomic mass is 9.96. The fraction of sp³-hybridized carbons (Fsp3) is 0.261. The summed E-state index contributed by atoms with van der Waals surface area (Å²) >= 11 is 0. The molecule has 0 bridgehead atoms. The van der Waals surface area contributed by atoms with E-state index in [0.29, 0.717) is 29.9 Å². The minimum atomic E-state index is -4.53. The van der Waals surface area contributed by atoms with Crippen molar-refractivity contribution in [1.82, 2.24) is 14.8 Å². The summed E-state index contributed by atoms with van der Waals surface area (Å²) in [5.74, 6) is -0.862. The van der Waals surface area contributed by atoms with Crippen molar-refractivity contribution in [3.63, 3.8) is 0 Å². The first-order valence-electron chi connectivity index (χ1n) is 10.3. The number of aromatic nitrogens is 3. The molecule has 4 heterocycles. The first kappa shape index (κ1) is 21.2. The van der Waals surface area contributed by atoms with Gasteiger partial charge in [-0.3, -0.25) is 9.48 Å². The van der Waals surface area contributed by atoms with Crippen LogP contribution < -0.4 is 10.2 Å². The van der Waals surface area contributed by atoms with Crippen LogP contribution in [0.5, 0.6) is 0 Å². The number of fused-ring (bicyclic) bond motifs is 2. The molecular weight excluding hydrogens is 438 g/mol. The largest absolute Gasteiger partial charge is 0.433 e. The van der Waals surface area contributed by atoms with E-state index < -0.39 is 23.7 Å². The highest BCUT2D eigenvalue weighted by Crippen LogP contribution is 2.36. The summed E-state index contributed by atoms with van der Waals surface area (Å²) in [6.45, 7) is 2.15. The van der Waals surface area contributed by atoms with Crippen LogP contribution >= 0.6 is 0 Å². The van der Waals surface area contributed by atoms with Crippen molar-refractivity contribution in [3.05, 3.63) is 76.1 Å². The lowest BCUT2D eigenvalue weighted by Crippen LogP contribution is -2.39. The maximum absolute atomic E-state index is 15.2. The molecule has 1 unspecified atom stereocenters. The third kappa shape index (κ3) is 3.55. The third-order valence-corrected chi connectivity index (χ3v) is 6.00. The number of nitrogens with zero attached hydrogens (tertiary/aromatic N) is 4. The van der Waals surface area contributed by atoms with Gasteiger partial charge >= 0.3 is 6.18 Å². The van der Waals surface area contributed by atoms with E-state index in [-0.39, 0.29) is 17.3 Å². The number of pyridine rings is 1. The quantitative estimate of drug-likeness (QED) is 0.569. The summed E-state index contributed by atoms with van der Waals surface area (Å²) in [4.78, 5) is 18.0. The predicted octanol–water partition coefficient (Wildman–Crippen LogP) is 4.66. The summed E-state index contributed by atoms with van der Waals surface area (Å²) < 4.78 is 55.5. The maximum Gasteiger partial charge on any atom is 0.433 e. The molecule has 33 heavy (non-hydrogen) atoms. The van der Waals surface area contributed by atoms with Crippen LogP contribution in [0.25, 0.3) is 6.08 Å². The van der Waals surface area contributed by atoms with Gasteiger partial charge in [-0.1, -0.05) is 6.08 Å². The van der Waals surface area contributed by atoms with Crippen LogP contribution in [0.4, 0.5) is 28.9 Å². The van der Waals surface area contributed by atoms with Gasteiger partial charge in [0.2, 0.25) is 0 Å². The Labute approximate surface area is 186 Å². The molecule has 3 aromatic rings. The lowest BCUT2D eigenvalue weighted by molar-refractivity contribution is -0.141. The van der Waals surface area contributed by atoms with Crippen molar-refractivity contribution in [2.75, 3.05) is 16.8 Å². The minimum Gasteiger partial charge on any atom is -0.373 e. The monoisotopic (exact) mass is 457 g/mol. The molecule has 0 aliphatic carbocycles. The Balaban J connectivity index is 1.44. The molecule has 0 saturated heterocycles. The Morgan fingerprint density at radius 1 is 1.21 bits per heavy atom. The van der Waals surface area contributed by atoms with E-state index in [1.54, 1.807) is 32.3 Å². The van der Waals surface area contributed by atoms with Crippen molar-refractivity contribution in [3.8, 4) is 0 Å². The Hall–Kier alpha value is -3.69. The average molecular weight is 457 g/mol. The molecule has 5 rings (SSSR count). The van der Waals surface area contributed by atoms with Gasteiger partial charge in [0, 0.05) is 19.2 Å². The van der Waals surface area contributed by atoms with Gasteiger partial charge in [-0.15, -0.1) is 0 Å². The van der Waals surface area contributed by atoms with E-state index in [9.17, 15) is 18.0 Å². The number of anilines is 2. The van der Waals surface area contributed by atoms with Gasteiger partial charge in [0.05, 0.1) is 29.3 Å². The van der Waals surface area contributed by atoms with E-state index in [4.69, 9.17) is 0 Å². The lowest BCUT2D eigenvalue weighted by Gasteiger charge is -2.29. The first-order chi connectivity index (χ1) is 15.6. The average Bonchev–Trinajstić information content (AvgIpc) is 3.16. The smallest absolute Gasteiger partial charge is 0.373 e. The zero-order valence-corrected chi connectivity index (χ0v) is 17.7. The fourth-order valence-electron chi connectivity index (χ4n) is 4.32. The Kier molecular flexibility index (Phi) is 4.77. The van der Waals surface area contributed by atoms with Gasteiger partial charge in [-0.05, 0) is 54.8 Å². The standard InChI is InChI=1S/C23H19F4N5O/c1-12-9-19(32-8-7-13-11-28-31(2)21(13)22(32)33)15(24)10-14(12)16-3-4-18-17(29-16)5-6-20(30-18)23(25,26)27/h3-6,9-11,16,29H,7-8H2,1-2H3.